The van der Waals surface area contributed by atoms with Crippen molar-refractivity contribution in [2.45, 2.75) is 32.7 Å². The van der Waals surface area contributed by atoms with Gasteiger partial charge >= 0.3 is 0 Å². The van der Waals surface area contributed by atoms with Gasteiger partial charge in [-0.3, -0.25) is 0 Å². The fraction of sp³-hybridized carbons (Fsp3) is 0.750. The van der Waals surface area contributed by atoms with Gasteiger partial charge in [0.25, 0.3) is 0 Å². The second-order valence-electron chi connectivity index (χ2n) is 5.52. The van der Waals surface area contributed by atoms with Crippen LogP contribution in [0.4, 0.5) is 5.95 Å². The normalized spacial score (nSPS) is 36.8. The van der Waals surface area contributed by atoms with E-state index in [4.69, 9.17) is 0 Å². The van der Waals surface area contributed by atoms with Crippen LogP contribution in [-0.2, 0) is 0 Å². The van der Waals surface area contributed by atoms with Gasteiger partial charge in [0.1, 0.15) is 6.33 Å². The fourth-order valence-corrected chi connectivity index (χ4v) is 3.28. The van der Waals surface area contributed by atoms with Gasteiger partial charge in [0.2, 0.25) is 5.95 Å². The number of aliphatic imine (C=N–C) groups is 1. The molecule has 0 aliphatic carbocycles. The maximum absolute atomic E-state index is 4.37. The summed E-state index contributed by atoms with van der Waals surface area (Å²) in [5.74, 6) is 1.16. The molecule has 0 aromatic carbocycles. The van der Waals surface area contributed by atoms with Crippen LogP contribution >= 0.6 is 0 Å². The molecule has 1 aromatic heterocycles. The number of aromatic nitrogens is 3. The van der Waals surface area contributed by atoms with Crippen molar-refractivity contribution >= 4 is 12.2 Å². The Labute approximate surface area is 101 Å². The lowest BCUT2D eigenvalue weighted by Gasteiger charge is -2.43. The van der Waals surface area contributed by atoms with Gasteiger partial charge in [-0.1, -0.05) is 13.8 Å². The molecule has 1 N–H and O–H groups in total. The van der Waals surface area contributed by atoms with E-state index < -0.39 is 0 Å². The maximum Gasteiger partial charge on any atom is 0.247 e. The molecule has 3 unspecified atom stereocenters. The number of fused-ring (bicyclic) bond motifs is 1. The van der Waals surface area contributed by atoms with Crippen molar-refractivity contribution in [2.24, 2.45) is 16.3 Å². The topological polar surface area (TPSA) is 55.1 Å². The second kappa shape index (κ2) is 3.91. The zero-order valence-electron chi connectivity index (χ0n) is 10.4. The third kappa shape index (κ3) is 1.69. The third-order valence-electron chi connectivity index (χ3n) is 4.09. The molecule has 5 heteroatoms. The lowest BCUT2D eigenvalue weighted by atomic mass is 9.71. The molecular weight excluding hydrogens is 214 g/mol. The van der Waals surface area contributed by atoms with E-state index >= 15 is 0 Å². The molecule has 3 heterocycles. The van der Waals surface area contributed by atoms with Crippen LogP contribution in [0.3, 0.4) is 0 Å². The van der Waals surface area contributed by atoms with Gasteiger partial charge in [-0.05, 0) is 19.4 Å². The number of nitrogens with zero attached hydrogens (tertiary/aromatic N) is 4. The van der Waals surface area contributed by atoms with Gasteiger partial charge in [-0.2, -0.15) is 10.1 Å². The minimum Gasteiger partial charge on any atom is -0.316 e. The van der Waals surface area contributed by atoms with Gasteiger partial charge in [0.05, 0.1) is 6.04 Å². The number of hydrogen-bond acceptors (Lipinski definition) is 4. The number of hydrogen-bond donors (Lipinski definition) is 1. The van der Waals surface area contributed by atoms with Crippen molar-refractivity contribution in [3.05, 3.63) is 6.33 Å². The molecule has 0 spiro atoms. The first-order valence-corrected chi connectivity index (χ1v) is 6.35. The summed E-state index contributed by atoms with van der Waals surface area (Å²) in [6, 6.07) is 0.366. The fourth-order valence-electron chi connectivity index (χ4n) is 3.28. The quantitative estimate of drug-likeness (QED) is 0.801. The minimum atomic E-state index is 0.243. The van der Waals surface area contributed by atoms with Crippen LogP contribution < -0.4 is 5.32 Å². The van der Waals surface area contributed by atoms with E-state index in [1.165, 1.54) is 12.8 Å². The minimum absolute atomic E-state index is 0.243. The Bertz CT molecular complexity index is 430. The summed E-state index contributed by atoms with van der Waals surface area (Å²) in [6.07, 6.45) is 6.11. The van der Waals surface area contributed by atoms with Crippen molar-refractivity contribution in [2.75, 3.05) is 13.1 Å². The average molecular weight is 233 g/mol. The zero-order chi connectivity index (χ0) is 11.9. The summed E-state index contributed by atoms with van der Waals surface area (Å²) < 4.78 is 2.01. The summed E-state index contributed by atoms with van der Waals surface area (Å²) in [6.45, 7) is 6.76. The Morgan fingerprint density at radius 2 is 2.41 bits per heavy atom. The smallest absolute Gasteiger partial charge is 0.247 e. The molecule has 1 aromatic rings. The highest BCUT2D eigenvalue weighted by atomic mass is 15.4. The highest BCUT2D eigenvalue weighted by Crippen LogP contribution is 2.44. The van der Waals surface area contributed by atoms with Crippen molar-refractivity contribution in [3.8, 4) is 0 Å². The van der Waals surface area contributed by atoms with Gasteiger partial charge in [-0.15, -0.1) is 0 Å². The maximum atomic E-state index is 4.37. The van der Waals surface area contributed by atoms with Crippen LogP contribution in [0.15, 0.2) is 11.3 Å². The molecule has 1 saturated heterocycles. The summed E-state index contributed by atoms with van der Waals surface area (Å²) in [5.41, 5.74) is 0.243. The van der Waals surface area contributed by atoms with E-state index in [9.17, 15) is 0 Å². The molecule has 0 bridgehead atoms. The molecule has 1 fully saturated rings. The first kappa shape index (κ1) is 10.9. The lowest BCUT2D eigenvalue weighted by molar-refractivity contribution is 0.109. The molecule has 0 radical (unpaired) electrons. The summed E-state index contributed by atoms with van der Waals surface area (Å²) >= 11 is 0. The van der Waals surface area contributed by atoms with E-state index in [0.29, 0.717) is 12.0 Å². The summed E-state index contributed by atoms with van der Waals surface area (Å²) in [4.78, 5) is 8.56. The van der Waals surface area contributed by atoms with E-state index in [2.05, 4.69) is 34.2 Å². The molecule has 5 nitrogen and oxygen atoms in total. The number of nitrogens with one attached hydrogen (secondary N) is 1. The van der Waals surface area contributed by atoms with E-state index in [-0.39, 0.29) is 5.41 Å². The number of rotatable bonds is 1. The SMILES string of the molecule is CC1C=Nc2ncnn2C1C1(C)CCCNC1. The molecule has 3 atom stereocenters. The molecule has 0 amide bonds. The second-order valence-corrected chi connectivity index (χ2v) is 5.52. The van der Waals surface area contributed by atoms with Crippen LogP contribution in [0.5, 0.6) is 0 Å². The zero-order valence-corrected chi connectivity index (χ0v) is 10.4. The van der Waals surface area contributed by atoms with Gasteiger partial charge in [-0.25, -0.2) is 9.67 Å². The third-order valence-corrected chi connectivity index (χ3v) is 4.09. The van der Waals surface area contributed by atoms with Gasteiger partial charge in [0, 0.05) is 24.1 Å². The molecule has 2 aliphatic rings. The van der Waals surface area contributed by atoms with Crippen LogP contribution in [-0.4, -0.2) is 34.1 Å². The molecule has 2 aliphatic heterocycles. The van der Waals surface area contributed by atoms with E-state index in [1.807, 2.05) is 10.9 Å². The molecule has 92 valence electrons. The molecule has 0 saturated carbocycles. The Morgan fingerprint density at radius 1 is 1.53 bits per heavy atom. The molecule has 3 rings (SSSR count). The monoisotopic (exact) mass is 233 g/mol. The van der Waals surface area contributed by atoms with Crippen molar-refractivity contribution in [3.63, 3.8) is 0 Å². The van der Waals surface area contributed by atoms with Crippen LogP contribution in [0.1, 0.15) is 32.7 Å². The van der Waals surface area contributed by atoms with Crippen molar-refractivity contribution in [1.82, 2.24) is 20.1 Å². The van der Waals surface area contributed by atoms with Gasteiger partial charge in [0.15, 0.2) is 0 Å². The number of piperidine rings is 1. The highest BCUT2D eigenvalue weighted by Gasteiger charge is 2.42. The predicted molar refractivity (Wildman–Crippen MR) is 66.6 cm³/mol. The molecule has 17 heavy (non-hydrogen) atoms. The average Bonchev–Trinajstić information content (AvgIpc) is 2.77. The van der Waals surface area contributed by atoms with Crippen LogP contribution in [0.2, 0.25) is 0 Å². The predicted octanol–water partition coefficient (Wildman–Crippen LogP) is 1.56. The van der Waals surface area contributed by atoms with Crippen LogP contribution in [0.25, 0.3) is 0 Å². The highest BCUT2D eigenvalue weighted by molar-refractivity contribution is 5.66. The van der Waals surface area contributed by atoms with E-state index in [0.717, 1.165) is 19.0 Å². The summed E-state index contributed by atoms with van der Waals surface area (Å²) in [5, 5.41) is 7.88. The van der Waals surface area contributed by atoms with E-state index in [1.54, 1.807) is 6.33 Å². The van der Waals surface area contributed by atoms with Crippen molar-refractivity contribution < 1.29 is 0 Å². The van der Waals surface area contributed by atoms with Crippen LogP contribution in [0, 0.1) is 11.3 Å². The lowest BCUT2D eigenvalue weighted by Crippen LogP contribution is -2.47. The Balaban J connectivity index is 1.99. The first-order chi connectivity index (χ1) is 8.21. The molecular formula is C12H19N5. The summed E-state index contributed by atoms with van der Waals surface area (Å²) in [7, 11) is 0. The first-order valence-electron chi connectivity index (χ1n) is 6.35. The van der Waals surface area contributed by atoms with Gasteiger partial charge < -0.3 is 5.32 Å². The largest absolute Gasteiger partial charge is 0.316 e. The Kier molecular flexibility index (Phi) is 2.50. The standard InChI is InChI=1S/C12H19N5/c1-9-6-14-11-15-8-16-17(11)10(9)12(2)4-3-5-13-7-12/h6,8-10,13H,3-5,7H2,1-2H3. The Hall–Kier alpha value is -1.23. The van der Waals surface area contributed by atoms with Crippen molar-refractivity contribution in [1.29, 1.82) is 0 Å². The Morgan fingerprint density at radius 3 is 3.18 bits per heavy atom.